The minimum absolute atomic E-state index is 0.0999. The Balaban J connectivity index is 2.11. The number of carbonyl (C=O) groups is 1. The first-order valence-electron chi connectivity index (χ1n) is 7.24. The number of likely N-dealkylation sites (N-methyl/N-ethyl adjacent to an activating group) is 1. The topological polar surface area (TPSA) is 55.6 Å². The highest BCUT2D eigenvalue weighted by Gasteiger charge is 2.20. The Morgan fingerprint density at radius 3 is 2.50 bits per heavy atom. The van der Waals surface area contributed by atoms with Crippen LogP contribution in [0.4, 0.5) is 5.69 Å². The molecule has 2 aromatic rings. The van der Waals surface area contributed by atoms with E-state index in [0.717, 1.165) is 22.6 Å². The third-order valence-corrected chi connectivity index (χ3v) is 3.71. The van der Waals surface area contributed by atoms with Crippen LogP contribution in [-0.2, 0) is 11.2 Å². The van der Waals surface area contributed by atoms with Crippen LogP contribution in [0.1, 0.15) is 11.1 Å². The minimum Gasteiger partial charge on any atom is -0.497 e. The lowest BCUT2D eigenvalue weighted by molar-refractivity contribution is -0.119. The second-order valence-corrected chi connectivity index (χ2v) is 5.35. The van der Waals surface area contributed by atoms with Gasteiger partial charge in [-0.25, -0.2) is 0 Å². The van der Waals surface area contributed by atoms with Crippen LogP contribution in [0.25, 0.3) is 0 Å². The summed E-state index contributed by atoms with van der Waals surface area (Å²) in [6.07, 6.45) is 0.527. The standard InChI is InChI=1S/C18H22N2O2/c1-13-11-15(22-3)9-10-17(13)20(2)18(21)16(19)12-14-7-5-4-6-8-14/h4-11,16H,12,19H2,1-3H3/t16-/m0/s1. The van der Waals surface area contributed by atoms with Gasteiger partial charge in [0.1, 0.15) is 5.75 Å². The number of benzene rings is 2. The average Bonchev–Trinajstić information content (AvgIpc) is 2.54. The highest BCUT2D eigenvalue weighted by molar-refractivity contribution is 5.97. The van der Waals surface area contributed by atoms with E-state index in [0.29, 0.717) is 6.42 Å². The average molecular weight is 298 g/mol. The molecule has 0 aliphatic rings. The normalized spacial score (nSPS) is 11.8. The van der Waals surface area contributed by atoms with Crippen molar-refractivity contribution in [1.82, 2.24) is 0 Å². The number of rotatable bonds is 5. The largest absolute Gasteiger partial charge is 0.497 e. The molecule has 0 saturated heterocycles. The van der Waals surface area contributed by atoms with Gasteiger partial charge in [-0.3, -0.25) is 4.79 Å². The van der Waals surface area contributed by atoms with Crippen LogP contribution in [0.5, 0.6) is 5.75 Å². The molecule has 2 aromatic carbocycles. The zero-order valence-electron chi connectivity index (χ0n) is 13.2. The number of ether oxygens (including phenoxy) is 1. The van der Waals surface area contributed by atoms with Crippen LogP contribution in [0.3, 0.4) is 0 Å². The number of anilines is 1. The molecule has 0 fully saturated rings. The molecule has 4 nitrogen and oxygen atoms in total. The molecule has 2 rings (SSSR count). The maximum atomic E-state index is 12.5. The molecule has 1 amide bonds. The van der Waals surface area contributed by atoms with E-state index in [9.17, 15) is 4.79 Å². The van der Waals surface area contributed by atoms with Gasteiger partial charge in [0, 0.05) is 12.7 Å². The predicted molar refractivity (Wildman–Crippen MR) is 89.3 cm³/mol. The first kappa shape index (κ1) is 16.0. The number of hydrogen-bond acceptors (Lipinski definition) is 3. The Morgan fingerprint density at radius 1 is 1.23 bits per heavy atom. The van der Waals surface area contributed by atoms with Crippen LogP contribution in [-0.4, -0.2) is 26.1 Å². The fourth-order valence-corrected chi connectivity index (χ4v) is 2.45. The molecule has 116 valence electrons. The Morgan fingerprint density at radius 2 is 1.91 bits per heavy atom. The van der Waals surface area contributed by atoms with Gasteiger partial charge in [0.25, 0.3) is 0 Å². The van der Waals surface area contributed by atoms with Crippen LogP contribution in [0.2, 0.25) is 0 Å². The lowest BCUT2D eigenvalue weighted by Gasteiger charge is -2.23. The van der Waals surface area contributed by atoms with Gasteiger partial charge in [-0.05, 0) is 42.7 Å². The molecule has 0 aromatic heterocycles. The van der Waals surface area contributed by atoms with Crippen LogP contribution >= 0.6 is 0 Å². The van der Waals surface area contributed by atoms with E-state index in [1.165, 1.54) is 0 Å². The molecule has 1 atom stereocenters. The van der Waals surface area contributed by atoms with Crippen molar-refractivity contribution in [3.05, 3.63) is 59.7 Å². The SMILES string of the molecule is COc1ccc(N(C)C(=O)[C@@H](N)Cc2ccccc2)c(C)c1. The van der Waals surface area contributed by atoms with Crippen molar-refractivity contribution in [2.24, 2.45) is 5.73 Å². The summed E-state index contributed by atoms with van der Waals surface area (Å²) in [6, 6.07) is 14.9. The number of aryl methyl sites for hydroxylation is 1. The summed E-state index contributed by atoms with van der Waals surface area (Å²) in [5, 5.41) is 0. The van der Waals surface area contributed by atoms with Gasteiger partial charge in [0.05, 0.1) is 13.2 Å². The maximum absolute atomic E-state index is 12.5. The molecule has 4 heteroatoms. The Bertz CT molecular complexity index is 641. The van der Waals surface area contributed by atoms with Crippen molar-refractivity contribution >= 4 is 11.6 Å². The van der Waals surface area contributed by atoms with E-state index >= 15 is 0 Å². The van der Waals surface area contributed by atoms with Crippen LogP contribution in [0, 0.1) is 6.92 Å². The van der Waals surface area contributed by atoms with Gasteiger partial charge in [-0.15, -0.1) is 0 Å². The number of amides is 1. The number of nitrogens with zero attached hydrogens (tertiary/aromatic N) is 1. The zero-order valence-corrected chi connectivity index (χ0v) is 13.2. The summed E-state index contributed by atoms with van der Waals surface area (Å²) < 4.78 is 5.19. The summed E-state index contributed by atoms with van der Waals surface area (Å²) in [5.41, 5.74) is 8.95. The van der Waals surface area contributed by atoms with Crippen LogP contribution in [0.15, 0.2) is 48.5 Å². The minimum atomic E-state index is -0.561. The van der Waals surface area contributed by atoms with Gasteiger partial charge >= 0.3 is 0 Å². The van der Waals surface area contributed by atoms with Crippen molar-refractivity contribution in [2.45, 2.75) is 19.4 Å². The molecular formula is C18H22N2O2. The zero-order chi connectivity index (χ0) is 16.1. The van der Waals surface area contributed by atoms with E-state index in [1.807, 2.05) is 55.5 Å². The highest BCUT2D eigenvalue weighted by Crippen LogP contribution is 2.24. The molecule has 0 radical (unpaired) electrons. The lowest BCUT2D eigenvalue weighted by atomic mass is 10.0. The summed E-state index contributed by atoms with van der Waals surface area (Å²) in [6.45, 7) is 1.95. The van der Waals surface area contributed by atoms with Crippen LogP contribution < -0.4 is 15.4 Å². The summed E-state index contributed by atoms with van der Waals surface area (Å²) in [5.74, 6) is 0.674. The summed E-state index contributed by atoms with van der Waals surface area (Å²) in [7, 11) is 3.38. The van der Waals surface area contributed by atoms with Crippen molar-refractivity contribution in [1.29, 1.82) is 0 Å². The van der Waals surface area contributed by atoms with E-state index in [4.69, 9.17) is 10.5 Å². The van der Waals surface area contributed by atoms with Gasteiger partial charge in [0.15, 0.2) is 0 Å². The third kappa shape index (κ3) is 3.65. The monoisotopic (exact) mass is 298 g/mol. The molecule has 0 heterocycles. The number of carbonyl (C=O) groups excluding carboxylic acids is 1. The van der Waals surface area contributed by atoms with Crippen molar-refractivity contribution < 1.29 is 9.53 Å². The number of hydrogen-bond donors (Lipinski definition) is 1. The lowest BCUT2D eigenvalue weighted by Crippen LogP contribution is -2.43. The predicted octanol–water partition coefficient (Wildman–Crippen LogP) is 2.54. The van der Waals surface area contributed by atoms with Gasteiger partial charge in [-0.1, -0.05) is 30.3 Å². The Kier molecular flexibility index (Phi) is 5.17. The molecule has 0 unspecified atom stereocenters. The Labute approximate surface area is 131 Å². The quantitative estimate of drug-likeness (QED) is 0.923. The molecular weight excluding hydrogens is 276 g/mol. The first-order chi connectivity index (χ1) is 10.5. The van der Waals surface area contributed by atoms with Gasteiger partial charge in [0.2, 0.25) is 5.91 Å². The molecule has 2 N–H and O–H groups in total. The smallest absolute Gasteiger partial charge is 0.243 e. The summed E-state index contributed by atoms with van der Waals surface area (Å²) in [4.78, 5) is 14.1. The fraction of sp³-hybridized carbons (Fsp3) is 0.278. The first-order valence-corrected chi connectivity index (χ1v) is 7.24. The highest BCUT2D eigenvalue weighted by atomic mass is 16.5. The molecule has 0 saturated carbocycles. The second-order valence-electron chi connectivity index (χ2n) is 5.35. The van der Waals surface area contributed by atoms with Gasteiger partial charge < -0.3 is 15.4 Å². The molecule has 0 spiro atoms. The van der Waals surface area contributed by atoms with E-state index in [-0.39, 0.29) is 5.91 Å². The molecule has 0 bridgehead atoms. The second kappa shape index (κ2) is 7.09. The fourth-order valence-electron chi connectivity index (χ4n) is 2.45. The van der Waals surface area contributed by atoms with Crippen molar-refractivity contribution in [3.63, 3.8) is 0 Å². The molecule has 22 heavy (non-hydrogen) atoms. The summed E-state index contributed by atoms with van der Waals surface area (Å²) >= 11 is 0. The Hall–Kier alpha value is -2.33. The maximum Gasteiger partial charge on any atom is 0.243 e. The van der Waals surface area contributed by atoms with E-state index in [1.54, 1.807) is 19.1 Å². The van der Waals surface area contributed by atoms with E-state index in [2.05, 4.69) is 0 Å². The number of nitrogens with two attached hydrogens (primary N) is 1. The van der Waals surface area contributed by atoms with Crippen molar-refractivity contribution in [2.75, 3.05) is 19.1 Å². The number of methoxy groups -OCH3 is 1. The third-order valence-electron chi connectivity index (χ3n) is 3.71. The van der Waals surface area contributed by atoms with Crippen molar-refractivity contribution in [3.8, 4) is 5.75 Å². The molecule has 0 aliphatic carbocycles. The molecule has 0 aliphatic heterocycles. The van der Waals surface area contributed by atoms with E-state index < -0.39 is 6.04 Å². The van der Waals surface area contributed by atoms with Gasteiger partial charge in [-0.2, -0.15) is 0 Å².